The predicted octanol–water partition coefficient (Wildman–Crippen LogP) is 5.06. The van der Waals surface area contributed by atoms with Crippen LogP contribution in [0.4, 0.5) is 0 Å². The maximum Gasteiger partial charge on any atom is 0.253 e. The van der Waals surface area contributed by atoms with Gasteiger partial charge in [-0.2, -0.15) is 5.10 Å². The van der Waals surface area contributed by atoms with Crippen LogP contribution in [0.1, 0.15) is 22.2 Å². The van der Waals surface area contributed by atoms with Crippen molar-refractivity contribution in [1.82, 2.24) is 20.2 Å². The molecule has 1 atom stereocenters. The lowest BCUT2D eigenvalue weighted by atomic mass is 10.1. The molecule has 0 spiro atoms. The normalized spacial score (nSPS) is 16.1. The molecule has 1 N–H and O–H groups in total. The summed E-state index contributed by atoms with van der Waals surface area (Å²) in [7, 11) is 0. The molecule has 1 aliphatic heterocycles. The molecular formula is C21H17N5OS3. The maximum atomic E-state index is 13.1. The van der Waals surface area contributed by atoms with Gasteiger partial charge in [0, 0.05) is 16.9 Å². The predicted molar refractivity (Wildman–Crippen MR) is 122 cm³/mol. The van der Waals surface area contributed by atoms with Gasteiger partial charge in [-0.05, 0) is 22.9 Å². The van der Waals surface area contributed by atoms with Gasteiger partial charge < -0.3 is 0 Å². The van der Waals surface area contributed by atoms with E-state index in [1.54, 1.807) is 27.7 Å². The number of H-pyrrole nitrogens is 1. The molecule has 150 valence electrons. The highest BCUT2D eigenvalue weighted by atomic mass is 32.2. The quantitative estimate of drug-likeness (QED) is 0.416. The molecule has 9 heteroatoms. The second-order valence-electron chi connectivity index (χ2n) is 6.62. The third-order valence-electron chi connectivity index (χ3n) is 4.68. The van der Waals surface area contributed by atoms with Crippen LogP contribution in [0.25, 0.3) is 11.4 Å². The topological polar surface area (TPSA) is 74.2 Å². The SMILES string of the molecule is O=C(CSc1n[nH]c(-c2ccccc2)n1)N1N=C(c2cccs2)C[C@H]1c1cccs1. The molecular weight excluding hydrogens is 434 g/mol. The minimum Gasteiger partial charge on any atom is -0.272 e. The van der Waals surface area contributed by atoms with Crippen LogP contribution in [0.5, 0.6) is 0 Å². The zero-order valence-electron chi connectivity index (χ0n) is 15.8. The second-order valence-corrected chi connectivity index (χ2v) is 9.49. The van der Waals surface area contributed by atoms with Crippen LogP contribution in [-0.4, -0.2) is 37.6 Å². The molecule has 0 saturated heterocycles. The number of amides is 1. The van der Waals surface area contributed by atoms with E-state index in [-0.39, 0.29) is 17.7 Å². The number of aromatic nitrogens is 3. The first-order valence-corrected chi connectivity index (χ1v) is 12.1. The molecule has 1 aliphatic rings. The molecule has 4 aromatic rings. The molecule has 3 aromatic heterocycles. The van der Waals surface area contributed by atoms with Crippen molar-refractivity contribution in [2.45, 2.75) is 17.6 Å². The zero-order valence-corrected chi connectivity index (χ0v) is 18.2. The van der Waals surface area contributed by atoms with Gasteiger partial charge in [0.2, 0.25) is 5.16 Å². The van der Waals surface area contributed by atoms with E-state index in [1.165, 1.54) is 11.8 Å². The summed E-state index contributed by atoms with van der Waals surface area (Å²) in [6, 6.07) is 17.9. The highest BCUT2D eigenvalue weighted by Crippen LogP contribution is 2.36. The summed E-state index contributed by atoms with van der Waals surface area (Å²) < 4.78 is 0. The smallest absolute Gasteiger partial charge is 0.253 e. The number of aromatic amines is 1. The molecule has 30 heavy (non-hydrogen) atoms. The maximum absolute atomic E-state index is 13.1. The zero-order chi connectivity index (χ0) is 20.3. The number of thioether (sulfide) groups is 1. The van der Waals surface area contributed by atoms with Gasteiger partial charge in [0.15, 0.2) is 5.82 Å². The summed E-state index contributed by atoms with van der Waals surface area (Å²) in [5.74, 6) is 0.882. The summed E-state index contributed by atoms with van der Waals surface area (Å²) >= 11 is 4.63. The summed E-state index contributed by atoms with van der Waals surface area (Å²) in [5, 5.41) is 18.1. The van der Waals surface area contributed by atoms with Crippen molar-refractivity contribution in [1.29, 1.82) is 0 Å². The first-order chi connectivity index (χ1) is 14.8. The van der Waals surface area contributed by atoms with E-state index in [0.29, 0.717) is 11.0 Å². The lowest BCUT2D eigenvalue weighted by Crippen LogP contribution is -2.28. The van der Waals surface area contributed by atoms with Crippen LogP contribution in [0.2, 0.25) is 0 Å². The van der Waals surface area contributed by atoms with Crippen LogP contribution >= 0.6 is 34.4 Å². The molecule has 1 amide bonds. The Labute approximate surface area is 185 Å². The van der Waals surface area contributed by atoms with Gasteiger partial charge in [0.05, 0.1) is 22.4 Å². The Morgan fingerprint density at radius 1 is 1.10 bits per heavy atom. The number of hydrogen-bond donors (Lipinski definition) is 1. The van der Waals surface area contributed by atoms with Crippen LogP contribution in [0, 0.1) is 0 Å². The van der Waals surface area contributed by atoms with Crippen molar-refractivity contribution in [2.75, 3.05) is 5.75 Å². The Morgan fingerprint density at radius 3 is 2.70 bits per heavy atom. The monoisotopic (exact) mass is 451 g/mol. The second kappa shape index (κ2) is 8.55. The number of hydrogen-bond acceptors (Lipinski definition) is 7. The number of nitrogens with zero attached hydrogens (tertiary/aromatic N) is 4. The van der Waals surface area contributed by atoms with Crippen molar-refractivity contribution in [3.8, 4) is 11.4 Å². The van der Waals surface area contributed by atoms with Gasteiger partial charge in [-0.1, -0.05) is 54.2 Å². The first-order valence-electron chi connectivity index (χ1n) is 9.35. The summed E-state index contributed by atoms with van der Waals surface area (Å²) in [6.07, 6.45) is 0.732. The molecule has 0 aliphatic carbocycles. The molecule has 0 radical (unpaired) electrons. The Balaban J connectivity index is 1.31. The molecule has 0 bridgehead atoms. The van der Waals surface area contributed by atoms with Crippen molar-refractivity contribution in [2.24, 2.45) is 5.10 Å². The Bertz CT molecular complexity index is 1150. The van der Waals surface area contributed by atoms with E-state index < -0.39 is 0 Å². The number of thiophene rings is 2. The van der Waals surface area contributed by atoms with E-state index in [0.717, 1.165) is 27.5 Å². The summed E-state index contributed by atoms with van der Waals surface area (Å²) in [4.78, 5) is 19.8. The van der Waals surface area contributed by atoms with Crippen molar-refractivity contribution < 1.29 is 4.79 Å². The fourth-order valence-electron chi connectivity index (χ4n) is 3.26. The Morgan fingerprint density at radius 2 is 1.93 bits per heavy atom. The number of hydrazone groups is 1. The van der Waals surface area contributed by atoms with E-state index >= 15 is 0 Å². The molecule has 0 saturated carbocycles. The average molecular weight is 452 g/mol. The third kappa shape index (κ3) is 3.96. The Hall–Kier alpha value is -2.75. The van der Waals surface area contributed by atoms with Gasteiger partial charge in [-0.25, -0.2) is 9.99 Å². The van der Waals surface area contributed by atoms with Gasteiger partial charge in [-0.3, -0.25) is 9.89 Å². The molecule has 1 aromatic carbocycles. The van der Waals surface area contributed by atoms with E-state index in [9.17, 15) is 4.79 Å². The van der Waals surface area contributed by atoms with Gasteiger partial charge in [-0.15, -0.1) is 27.8 Å². The molecule has 6 nitrogen and oxygen atoms in total. The highest BCUT2D eigenvalue weighted by molar-refractivity contribution is 7.99. The number of carbonyl (C=O) groups excluding carboxylic acids is 1. The van der Waals surface area contributed by atoms with E-state index in [1.807, 2.05) is 53.2 Å². The van der Waals surface area contributed by atoms with E-state index in [4.69, 9.17) is 0 Å². The molecule has 4 heterocycles. The lowest BCUT2D eigenvalue weighted by molar-refractivity contribution is -0.130. The van der Waals surface area contributed by atoms with E-state index in [2.05, 4.69) is 32.4 Å². The minimum absolute atomic E-state index is 0.0454. The lowest BCUT2D eigenvalue weighted by Gasteiger charge is -2.20. The summed E-state index contributed by atoms with van der Waals surface area (Å²) in [5.41, 5.74) is 1.93. The van der Waals surface area contributed by atoms with Crippen LogP contribution < -0.4 is 0 Å². The number of nitrogens with one attached hydrogen (secondary N) is 1. The van der Waals surface area contributed by atoms with Gasteiger partial charge in [0.1, 0.15) is 0 Å². The fraction of sp³-hybridized carbons (Fsp3) is 0.143. The highest BCUT2D eigenvalue weighted by Gasteiger charge is 2.34. The van der Waals surface area contributed by atoms with Gasteiger partial charge in [0.25, 0.3) is 5.91 Å². The molecule has 5 rings (SSSR count). The number of carbonyl (C=O) groups is 1. The van der Waals surface area contributed by atoms with Crippen LogP contribution in [0.15, 0.2) is 75.6 Å². The van der Waals surface area contributed by atoms with Gasteiger partial charge >= 0.3 is 0 Å². The van der Waals surface area contributed by atoms with Crippen molar-refractivity contribution in [3.63, 3.8) is 0 Å². The summed E-state index contributed by atoms with van der Waals surface area (Å²) in [6.45, 7) is 0. The molecule has 0 fully saturated rings. The third-order valence-corrected chi connectivity index (χ3v) is 7.40. The Kier molecular flexibility index (Phi) is 5.48. The average Bonchev–Trinajstić information content (AvgIpc) is 3.57. The van der Waals surface area contributed by atoms with Crippen LogP contribution in [0.3, 0.4) is 0 Å². The van der Waals surface area contributed by atoms with Crippen molar-refractivity contribution >= 4 is 46.1 Å². The number of rotatable bonds is 6. The standard InChI is InChI=1S/C21H17N5OS3/c27-19(13-30-21-22-20(23-24-21)14-6-2-1-3-7-14)26-16(18-9-5-11-29-18)12-15(25-26)17-8-4-10-28-17/h1-11,16H,12-13H2,(H,22,23,24)/t16-/m0/s1. The fourth-order valence-corrected chi connectivity index (χ4v) is 5.45. The van der Waals surface area contributed by atoms with Crippen LogP contribution in [-0.2, 0) is 4.79 Å². The molecule has 0 unspecified atom stereocenters. The first kappa shape index (κ1) is 19.2. The largest absolute Gasteiger partial charge is 0.272 e. The number of benzene rings is 1. The van der Waals surface area contributed by atoms with Crippen molar-refractivity contribution in [3.05, 3.63) is 75.1 Å². The minimum atomic E-state index is -0.0535.